The normalized spacial score (nSPS) is 26.8. The van der Waals surface area contributed by atoms with Gasteiger partial charge in [-0.15, -0.1) is 11.3 Å². The number of ether oxygens (including phenoxy) is 1. The molecule has 0 bridgehead atoms. The van der Waals surface area contributed by atoms with Crippen molar-refractivity contribution in [2.75, 3.05) is 31.6 Å². The van der Waals surface area contributed by atoms with Crippen LogP contribution in [0.25, 0.3) is 10.2 Å². The second kappa shape index (κ2) is 5.27. The van der Waals surface area contributed by atoms with Gasteiger partial charge in [0.2, 0.25) is 0 Å². The zero-order valence-corrected chi connectivity index (χ0v) is 12.1. The van der Waals surface area contributed by atoms with Crippen LogP contribution in [-0.4, -0.2) is 53.3 Å². The van der Waals surface area contributed by atoms with Crippen LogP contribution in [0.1, 0.15) is 12.8 Å². The first-order valence-electron chi connectivity index (χ1n) is 7.18. The fraction of sp³-hybridized carbons (Fsp3) is 0.571. The molecule has 4 heterocycles. The van der Waals surface area contributed by atoms with E-state index in [4.69, 9.17) is 4.74 Å². The maximum atomic E-state index is 5.96. The van der Waals surface area contributed by atoms with E-state index in [0.717, 1.165) is 35.7 Å². The molecule has 2 unspecified atom stereocenters. The number of nitrogens with one attached hydrogen (secondary N) is 1. The van der Waals surface area contributed by atoms with Gasteiger partial charge in [0.15, 0.2) is 0 Å². The topological polar surface area (TPSA) is 50.3 Å². The van der Waals surface area contributed by atoms with Crippen LogP contribution in [-0.2, 0) is 4.74 Å². The van der Waals surface area contributed by atoms with E-state index in [2.05, 4.69) is 31.6 Å². The van der Waals surface area contributed by atoms with Crippen LogP contribution in [0.2, 0.25) is 0 Å². The molecular weight excluding hydrogens is 272 g/mol. The Morgan fingerprint density at radius 3 is 3.45 bits per heavy atom. The highest BCUT2D eigenvalue weighted by Gasteiger charge is 2.32. The van der Waals surface area contributed by atoms with Gasteiger partial charge in [0.25, 0.3) is 0 Å². The fourth-order valence-corrected chi connectivity index (χ4v) is 3.88. The van der Waals surface area contributed by atoms with Crippen molar-refractivity contribution >= 4 is 27.4 Å². The predicted molar refractivity (Wildman–Crippen MR) is 80.2 cm³/mol. The number of hydrogen-bond donors (Lipinski definition) is 1. The summed E-state index contributed by atoms with van der Waals surface area (Å²) in [6, 6.07) is 2.73. The van der Waals surface area contributed by atoms with Gasteiger partial charge in [0.05, 0.1) is 18.1 Å². The molecule has 2 fully saturated rings. The Balaban J connectivity index is 1.42. The van der Waals surface area contributed by atoms with Crippen molar-refractivity contribution in [2.45, 2.75) is 25.0 Å². The highest BCUT2D eigenvalue weighted by molar-refractivity contribution is 7.16. The number of fused-ring (bicyclic) bond motifs is 2. The Hall–Kier alpha value is -1.24. The quantitative estimate of drug-likeness (QED) is 0.936. The number of anilines is 1. The summed E-state index contributed by atoms with van der Waals surface area (Å²) < 4.78 is 5.96. The zero-order chi connectivity index (χ0) is 13.4. The minimum Gasteiger partial charge on any atom is -0.373 e. The molecule has 0 amide bonds. The smallest absolute Gasteiger partial charge is 0.138 e. The molecule has 20 heavy (non-hydrogen) atoms. The lowest BCUT2D eigenvalue weighted by atomic mass is 10.2. The van der Waals surface area contributed by atoms with Crippen molar-refractivity contribution in [2.24, 2.45) is 0 Å². The molecule has 6 heteroatoms. The lowest BCUT2D eigenvalue weighted by molar-refractivity contribution is -0.0415. The standard InChI is InChI=1S/C14H18N4OS/c1-2-10-8-19-11(7-18(10)4-1)6-15-13-12-3-5-20-14(12)17-9-16-13/h3,5,9-11H,1-2,4,6-8H2,(H,15,16,17). The van der Waals surface area contributed by atoms with Crippen LogP contribution in [0, 0.1) is 0 Å². The van der Waals surface area contributed by atoms with E-state index >= 15 is 0 Å². The lowest BCUT2D eigenvalue weighted by Gasteiger charge is -2.35. The van der Waals surface area contributed by atoms with E-state index in [1.807, 2.05) is 0 Å². The average molecular weight is 290 g/mol. The van der Waals surface area contributed by atoms with Gasteiger partial charge in [-0.1, -0.05) is 0 Å². The molecule has 4 rings (SSSR count). The van der Waals surface area contributed by atoms with Crippen LogP contribution in [0.3, 0.4) is 0 Å². The molecule has 2 aliphatic rings. The van der Waals surface area contributed by atoms with Gasteiger partial charge in [-0.25, -0.2) is 9.97 Å². The summed E-state index contributed by atoms with van der Waals surface area (Å²) in [6.45, 7) is 3.96. The van der Waals surface area contributed by atoms with E-state index in [-0.39, 0.29) is 6.10 Å². The molecule has 2 saturated heterocycles. The Morgan fingerprint density at radius 1 is 1.45 bits per heavy atom. The number of rotatable bonds is 3. The minimum absolute atomic E-state index is 0.257. The molecule has 0 saturated carbocycles. The summed E-state index contributed by atoms with van der Waals surface area (Å²) in [5, 5.41) is 6.58. The largest absolute Gasteiger partial charge is 0.373 e. The van der Waals surface area contributed by atoms with Crippen molar-refractivity contribution in [3.63, 3.8) is 0 Å². The van der Waals surface area contributed by atoms with Crippen molar-refractivity contribution in [1.29, 1.82) is 0 Å². The molecule has 0 radical (unpaired) electrons. The SMILES string of the molecule is c1nc(NCC2CN3CCCC3CO2)c2ccsc2n1. The second-order valence-electron chi connectivity index (χ2n) is 5.49. The summed E-state index contributed by atoms with van der Waals surface area (Å²) in [6.07, 6.45) is 4.49. The number of aromatic nitrogens is 2. The lowest BCUT2D eigenvalue weighted by Crippen LogP contribution is -2.48. The highest BCUT2D eigenvalue weighted by Crippen LogP contribution is 2.25. The van der Waals surface area contributed by atoms with Crippen molar-refractivity contribution in [3.05, 3.63) is 17.8 Å². The van der Waals surface area contributed by atoms with Crippen LogP contribution in [0.4, 0.5) is 5.82 Å². The van der Waals surface area contributed by atoms with E-state index in [9.17, 15) is 0 Å². The van der Waals surface area contributed by atoms with Gasteiger partial charge in [-0.3, -0.25) is 4.90 Å². The van der Waals surface area contributed by atoms with Gasteiger partial charge >= 0.3 is 0 Å². The number of morpholine rings is 1. The Bertz CT molecular complexity index is 602. The summed E-state index contributed by atoms with van der Waals surface area (Å²) in [4.78, 5) is 12.2. The Kier molecular flexibility index (Phi) is 3.29. The van der Waals surface area contributed by atoms with Gasteiger partial charge in [0.1, 0.15) is 17.0 Å². The van der Waals surface area contributed by atoms with E-state index < -0.39 is 0 Å². The van der Waals surface area contributed by atoms with Crippen molar-refractivity contribution in [1.82, 2.24) is 14.9 Å². The molecule has 2 atom stereocenters. The third-order valence-corrected chi connectivity index (χ3v) is 5.04. The monoisotopic (exact) mass is 290 g/mol. The third-order valence-electron chi connectivity index (χ3n) is 4.22. The molecule has 1 N–H and O–H groups in total. The first-order chi connectivity index (χ1) is 9.90. The summed E-state index contributed by atoms with van der Waals surface area (Å²) in [5.41, 5.74) is 0. The molecule has 0 aliphatic carbocycles. The minimum atomic E-state index is 0.257. The maximum Gasteiger partial charge on any atom is 0.138 e. The Labute approximate surface area is 122 Å². The molecule has 106 valence electrons. The van der Waals surface area contributed by atoms with Gasteiger partial charge in [-0.05, 0) is 30.8 Å². The summed E-state index contributed by atoms with van der Waals surface area (Å²) >= 11 is 1.64. The summed E-state index contributed by atoms with van der Waals surface area (Å²) in [5.74, 6) is 0.920. The summed E-state index contributed by atoms with van der Waals surface area (Å²) in [7, 11) is 0. The number of hydrogen-bond acceptors (Lipinski definition) is 6. The molecule has 2 aromatic rings. The third kappa shape index (κ3) is 2.28. The molecule has 2 aromatic heterocycles. The Morgan fingerprint density at radius 2 is 2.45 bits per heavy atom. The van der Waals surface area contributed by atoms with E-state index in [1.165, 1.54) is 19.4 Å². The van der Waals surface area contributed by atoms with Crippen LogP contribution >= 0.6 is 11.3 Å². The number of thiophene rings is 1. The average Bonchev–Trinajstić information content (AvgIpc) is 3.13. The molecule has 5 nitrogen and oxygen atoms in total. The molecule has 0 spiro atoms. The van der Waals surface area contributed by atoms with E-state index in [1.54, 1.807) is 17.7 Å². The molecule has 2 aliphatic heterocycles. The van der Waals surface area contributed by atoms with Crippen molar-refractivity contribution < 1.29 is 4.74 Å². The highest BCUT2D eigenvalue weighted by atomic mass is 32.1. The second-order valence-corrected chi connectivity index (χ2v) is 6.38. The first-order valence-corrected chi connectivity index (χ1v) is 8.06. The zero-order valence-electron chi connectivity index (χ0n) is 11.3. The fourth-order valence-electron chi connectivity index (χ4n) is 3.15. The maximum absolute atomic E-state index is 5.96. The van der Waals surface area contributed by atoms with Gasteiger partial charge < -0.3 is 10.1 Å². The van der Waals surface area contributed by atoms with Crippen LogP contribution < -0.4 is 5.32 Å². The van der Waals surface area contributed by atoms with Gasteiger partial charge in [-0.2, -0.15) is 0 Å². The van der Waals surface area contributed by atoms with Crippen LogP contribution in [0.15, 0.2) is 17.8 Å². The predicted octanol–water partition coefficient (Wildman–Crippen LogP) is 1.97. The first kappa shape index (κ1) is 12.5. The molecule has 0 aromatic carbocycles. The number of nitrogens with zero attached hydrogens (tertiary/aromatic N) is 3. The van der Waals surface area contributed by atoms with Crippen molar-refractivity contribution in [3.8, 4) is 0 Å². The van der Waals surface area contributed by atoms with E-state index in [0.29, 0.717) is 6.04 Å². The van der Waals surface area contributed by atoms with Gasteiger partial charge in [0, 0.05) is 19.1 Å². The molecular formula is C14H18N4OS. The van der Waals surface area contributed by atoms with Crippen LogP contribution in [0.5, 0.6) is 0 Å².